The van der Waals surface area contributed by atoms with E-state index in [-0.39, 0.29) is 5.75 Å². The van der Waals surface area contributed by atoms with E-state index < -0.39 is 0 Å². The van der Waals surface area contributed by atoms with Crippen molar-refractivity contribution in [3.05, 3.63) is 31.6 Å². The minimum Gasteiger partial charge on any atom is -0.506 e. The predicted molar refractivity (Wildman–Crippen MR) is 76.6 cm³/mol. The smallest absolute Gasteiger partial charge is 0.133 e. The average molecular weight is 415 g/mol. The van der Waals surface area contributed by atoms with E-state index in [1.807, 2.05) is 19.1 Å². The molecular formula is C11H11Br3O2. The summed E-state index contributed by atoms with van der Waals surface area (Å²) in [4.78, 5) is 0. The maximum atomic E-state index is 9.71. The number of phenolic OH excluding ortho intramolecular Hbond substituents is 1. The largest absolute Gasteiger partial charge is 0.506 e. The van der Waals surface area contributed by atoms with Crippen LogP contribution in [0.25, 0.3) is 0 Å². The molecule has 1 rings (SSSR count). The zero-order valence-electron chi connectivity index (χ0n) is 8.64. The molecule has 0 unspecified atom stereocenters. The summed E-state index contributed by atoms with van der Waals surface area (Å²) in [5, 5.41) is 9.71. The molecular weight excluding hydrogens is 404 g/mol. The third-order valence-corrected chi connectivity index (χ3v) is 3.24. The molecule has 0 aliphatic heterocycles. The molecule has 0 saturated carbocycles. The van der Waals surface area contributed by atoms with Crippen LogP contribution in [0.2, 0.25) is 0 Å². The fourth-order valence-corrected chi connectivity index (χ4v) is 1.93. The van der Waals surface area contributed by atoms with Crippen molar-refractivity contribution in [3.8, 4) is 11.5 Å². The molecule has 0 heterocycles. The Kier molecular flexibility index (Phi) is 5.86. The van der Waals surface area contributed by atoms with Crippen molar-refractivity contribution in [1.82, 2.24) is 0 Å². The number of aromatic hydroxyl groups is 1. The standard InChI is InChI=1S/C11H11Br3O2/c1-2-7-5-8(6-9(12)11(7)15)16-4-3-10(13)14/h3,5-6,15H,2,4H2,1H3. The number of halogens is 3. The Morgan fingerprint density at radius 2 is 2.12 bits per heavy atom. The van der Waals surface area contributed by atoms with E-state index in [0.717, 1.165) is 21.1 Å². The highest BCUT2D eigenvalue weighted by Crippen LogP contribution is 2.33. The van der Waals surface area contributed by atoms with Crippen LogP contribution in [-0.4, -0.2) is 11.7 Å². The molecule has 1 N–H and O–H groups in total. The molecule has 88 valence electrons. The van der Waals surface area contributed by atoms with Crippen LogP contribution in [0.4, 0.5) is 0 Å². The fraction of sp³-hybridized carbons (Fsp3) is 0.273. The molecule has 0 saturated heterocycles. The van der Waals surface area contributed by atoms with Gasteiger partial charge < -0.3 is 9.84 Å². The molecule has 0 radical (unpaired) electrons. The van der Waals surface area contributed by atoms with Crippen LogP contribution >= 0.6 is 47.8 Å². The summed E-state index contributed by atoms with van der Waals surface area (Å²) in [5.41, 5.74) is 0.867. The first-order chi connectivity index (χ1) is 7.54. The first-order valence-corrected chi connectivity index (χ1v) is 7.07. The molecule has 1 aromatic carbocycles. The van der Waals surface area contributed by atoms with E-state index in [1.165, 1.54) is 0 Å². The molecule has 0 fully saturated rings. The molecule has 1 aromatic rings. The lowest BCUT2D eigenvalue weighted by Crippen LogP contribution is -1.95. The van der Waals surface area contributed by atoms with Crippen molar-refractivity contribution >= 4 is 47.8 Å². The zero-order valence-corrected chi connectivity index (χ0v) is 13.4. The number of hydrogen-bond donors (Lipinski definition) is 1. The van der Waals surface area contributed by atoms with E-state index in [4.69, 9.17) is 4.74 Å². The van der Waals surface area contributed by atoms with Crippen LogP contribution in [0, 0.1) is 0 Å². The highest BCUT2D eigenvalue weighted by atomic mass is 79.9. The summed E-state index contributed by atoms with van der Waals surface area (Å²) in [5.74, 6) is 1.02. The van der Waals surface area contributed by atoms with Gasteiger partial charge in [0.1, 0.15) is 18.1 Å². The molecule has 0 aromatic heterocycles. The summed E-state index contributed by atoms with van der Waals surface area (Å²) < 4.78 is 7.03. The summed E-state index contributed by atoms with van der Waals surface area (Å²) in [6.07, 6.45) is 2.62. The van der Waals surface area contributed by atoms with E-state index in [0.29, 0.717) is 11.1 Å². The lowest BCUT2D eigenvalue weighted by molar-refractivity contribution is 0.361. The van der Waals surface area contributed by atoms with Crippen LogP contribution < -0.4 is 4.74 Å². The van der Waals surface area contributed by atoms with Crippen molar-refractivity contribution in [2.45, 2.75) is 13.3 Å². The van der Waals surface area contributed by atoms with Crippen LogP contribution in [0.15, 0.2) is 26.1 Å². The van der Waals surface area contributed by atoms with E-state index in [1.54, 1.807) is 6.07 Å². The molecule has 2 nitrogen and oxygen atoms in total. The second kappa shape index (κ2) is 6.67. The Morgan fingerprint density at radius 1 is 1.44 bits per heavy atom. The Labute approximate surface area is 120 Å². The van der Waals surface area contributed by atoms with Gasteiger partial charge in [0.25, 0.3) is 0 Å². The van der Waals surface area contributed by atoms with Crippen molar-refractivity contribution in [2.75, 3.05) is 6.61 Å². The van der Waals surface area contributed by atoms with Crippen LogP contribution in [0.3, 0.4) is 0 Å². The summed E-state index contributed by atoms with van der Waals surface area (Å²) >= 11 is 9.80. The van der Waals surface area contributed by atoms with Crippen LogP contribution in [0.5, 0.6) is 11.5 Å². The van der Waals surface area contributed by atoms with Gasteiger partial charge in [0.2, 0.25) is 0 Å². The molecule has 0 aliphatic rings. The van der Waals surface area contributed by atoms with Crippen LogP contribution in [-0.2, 0) is 6.42 Å². The number of benzene rings is 1. The third-order valence-electron chi connectivity index (χ3n) is 1.98. The maximum absolute atomic E-state index is 9.71. The van der Waals surface area contributed by atoms with Gasteiger partial charge >= 0.3 is 0 Å². The quantitative estimate of drug-likeness (QED) is 0.772. The van der Waals surface area contributed by atoms with Crippen molar-refractivity contribution in [2.24, 2.45) is 0 Å². The van der Waals surface area contributed by atoms with Gasteiger partial charge in [-0.1, -0.05) is 6.92 Å². The summed E-state index contributed by atoms with van der Waals surface area (Å²) in [7, 11) is 0. The molecule has 0 atom stereocenters. The summed E-state index contributed by atoms with van der Waals surface area (Å²) in [6.45, 7) is 2.45. The Balaban J connectivity index is 2.82. The summed E-state index contributed by atoms with van der Waals surface area (Å²) in [6, 6.07) is 3.60. The van der Waals surface area contributed by atoms with Gasteiger partial charge in [-0.25, -0.2) is 0 Å². The molecule has 0 amide bonds. The monoisotopic (exact) mass is 412 g/mol. The zero-order chi connectivity index (χ0) is 12.1. The van der Waals surface area contributed by atoms with Gasteiger partial charge in [-0.05, 0) is 78.0 Å². The van der Waals surface area contributed by atoms with E-state index in [9.17, 15) is 5.11 Å². The Morgan fingerprint density at radius 3 is 2.69 bits per heavy atom. The molecule has 0 spiro atoms. The molecule has 0 aliphatic carbocycles. The fourth-order valence-electron chi connectivity index (χ4n) is 1.18. The van der Waals surface area contributed by atoms with E-state index >= 15 is 0 Å². The van der Waals surface area contributed by atoms with Crippen molar-refractivity contribution in [1.29, 1.82) is 0 Å². The number of ether oxygens (including phenoxy) is 1. The van der Waals surface area contributed by atoms with Gasteiger partial charge in [-0.15, -0.1) is 0 Å². The average Bonchev–Trinajstić information content (AvgIpc) is 2.22. The first-order valence-electron chi connectivity index (χ1n) is 4.70. The van der Waals surface area contributed by atoms with Gasteiger partial charge in [0.05, 0.1) is 7.86 Å². The highest BCUT2D eigenvalue weighted by molar-refractivity contribution is 9.28. The van der Waals surface area contributed by atoms with Crippen molar-refractivity contribution < 1.29 is 9.84 Å². The molecule has 16 heavy (non-hydrogen) atoms. The third kappa shape index (κ3) is 4.11. The van der Waals surface area contributed by atoms with E-state index in [2.05, 4.69) is 47.8 Å². The Hall–Kier alpha value is -0.000000000000000167. The second-order valence-electron chi connectivity index (χ2n) is 3.07. The maximum Gasteiger partial charge on any atom is 0.133 e. The van der Waals surface area contributed by atoms with Gasteiger partial charge in [0.15, 0.2) is 0 Å². The number of hydrogen-bond acceptors (Lipinski definition) is 2. The van der Waals surface area contributed by atoms with Gasteiger partial charge in [-0.3, -0.25) is 0 Å². The van der Waals surface area contributed by atoms with Crippen molar-refractivity contribution in [3.63, 3.8) is 0 Å². The minimum absolute atomic E-state index is 0.284. The van der Waals surface area contributed by atoms with Gasteiger partial charge in [0, 0.05) is 0 Å². The number of phenols is 1. The first kappa shape index (κ1) is 14.1. The number of rotatable bonds is 4. The lowest BCUT2D eigenvalue weighted by atomic mass is 10.1. The van der Waals surface area contributed by atoms with Gasteiger partial charge in [-0.2, -0.15) is 0 Å². The second-order valence-corrected chi connectivity index (χ2v) is 6.70. The topological polar surface area (TPSA) is 29.5 Å². The number of aryl methyl sites for hydroxylation is 1. The lowest BCUT2D eigenvalue weighted by Gasteiger charge is -2.09. The Bertz CT molecular complexity index is 398. The normalized spacial score (nSPS) is 10.0. The SMILES string of the molecule is CCc1cc(OCC=C(Br)Br)cc(Br)c1O. The predicted octanol–water partition coefficient (Wildman–Crippen LogP) is 4.73. The highest BCUT2D eigenvalue weighted by Gasteiger charge is 2.07. The molecule has 0 bridgehead atoms. The van der Waals surface area contributed by atoms with Crippen LogP contribution in [0.1, 0.15) is 12.5 Å². The molecule has 5 heteroatoms. The minimum atomic E-state index is 0.284.